The van der Waals surface area contributed by atoms with Crippen molar-refractivity contribution in [2.45, 2.75) is 25.9 Å². The maximum atomic E-state index is 10.9. The van der Waals surface area contributed by atoms with Crippen LogP contribution in [0.25, 0.3) is 0 Å². The second kappa shape index (κ2) is 3.20. The number of esters is 1. The van der Waals surface area contributed by atoms with E-state index < -0.39 is 11.6 Å². The fourth-order valence-electron chi connectivity index (χ4n) is 0.794. The molecule has 1 rings (SSSR count). The Kier molecular flexibility index (Phi) is 2.40. The minimum absolute atomic E-state index is 0.188. The Balaban J connectivity index is 2.18. The number of epoxide rings is 1. The number of carbonyl (C=O) groups is 2. The Labute approximate surface area is 76.5 Å². The zero-order chi connectivity index (χ0) is 10.1. The van der Waals surface area contributed by atoms with E-state index in [0.29, 0.717) is 12.0 Å². The minimum atomic E-state index is -0.713. The van der Waals surface area contributed by atoms with Crippen LogP contribution in [0.4, 0.5) is 0 Å². The molecule has 0 spiro atoms. The standard InChI is InChI=1S/C9H12O4/c1-6(2)7(10)12-5-4-9(3)8(11)13-9/h1,4-5H2,2-3H3. The van der Waals surface area contributed by atoms with E-state index in [2.05, 4.69) is 6.58 Å². The van der Waals surface area contributed by atoms with Crippen LogP contribution in [0.1, 0.15) is 20.3 Å². The summed E-state index contributed by atoms with van der Waals surface area (Å²) in [5, 5.41) is 0. The van der Waals surface area contributed by atoms with E-state index in [0.717, 1.165) is 0 Å². The number of hydrogen-bond donors (Lipinski definition) is 0. The molecule has 1 fully saturated rings. The summed E-state index contributed by atoms with van der Waals surface area (Å²) in [4.78, 5) is 21.5. The summed E-state index contributed by atoms with van der Waals surface area (Å²) in [6.07, 6.45) is 0.408. The third-order valence-corrected chi connectivity index (χ3v) is 1.87. The molecule has 1 atom stereocenters. The first-order chi connectivity index (χ1) is 5.96. The average Bonchev–Trinajstić information content (AvgIpc) is 2.59. The maximum Gasteiger partial charge on any atom is 0.351 e. The average molecular weight is 184 g/mol. The SMILES string of the molecule is C=C(C)C(=O)OCCC1(C)OC1=O. The lowest BCUT2D eigenvalue weighted by Crippen LogP contribution is -2.14. The Morgan fingerprint density at radius 2 is 2.23 bits per heavy atom. The topological polar surface area (TPSA) is 55.9 Å². The summed E-state index contributed by atoms with van der Waals surface area (Å²) in [5.74, 6) is -0.671. The Bertz CT molecular complexity index is 269. The molecule has 0 aromatic rings. The quantitative estimate of drug-likeness (QED) is 0.368. The number of hydrogen-bond acceptors (Lipinski definition) is 4. The predicted octanol–water partition coefficient (Wildman–Crippen LogP) is 0.811. The highest BCUT2D eigenvalue weighted by atomic mass is 16.7. The molecule has 0 aromatic carbocycles. The number of ether oxygens (including phenoxy) is 2. The van der Waals surface area contributed by atoms with Gasteiger partial charge in [0.25, 0.3) is 0 Å². The lowest BCUT2D eigenvalue weighted by molar-refractivity contribution is -0.139. The normalized spacial score (nSPS) is 24.9. The largest absolute Gasteiger partial charge is 0.462 e. The van der Waals surface area contributed by atoms with Gasteiger partial charge in [0.15, 0.2) is 0 Å². The Morgan fingerprint density at radius 1 is 1.69 bits per heavy atom. The third-order valence-electron chi connectivity index (χ3n) is 1.87. The lowest BCUT2D eigenvalue weighted by Gasteiger charge is -2.04. The number of cyclic esters (lactones) is 1. The highest BCUT2D eigenvalue weighted by Crippen LogP contribution is 2.31. The van der Waals surface area contributed by atoms with Gasteiger partial charge in [0.05, 0.1) is 6.61 Å². The summed E-state index contributed by atoms with van der Waals surface area (Å²) in [7, 11) is 0. The van der Waals surface area contributed by atoms with E-state index in [-0.39, 0.29) is 12.6 Å². The van der Waals surface area contributed by atoms with E-state index in [9.17, 15) is 9.59 Å². The summed E-state index contributed by atoms with van der Waals surface area (Å²) in [5.41, 5.74) is -0.358. The van der Waals surface area contributed by atoms with Gasteiger partial charge in [-0.2, -0.15) is 0 Å². The smallest absolute Gasteiger partial charge is 0.351 e. The van der Waals surface area contributed by atoms with E-state index in [1.54, 1.807) is 13.8 Å². The van der Waals surface area contributed by atoms with Crippen molar-refractivity contribution in [2.24, 2.45) is 0 Å². The Hall–Kier alpha value is -1.32. The Morgan fingerprint density at radius 3 is 2.62 bits per heavy atom. The molecule has 1 aliphatic rings. The van der Waals surface area contributed by atoms with Crippen LogP contribution in [-0.2, 0) is 19.1 Å². The van der Waals surface area contributed by atoms with Crippen molar-refractivity contribution in [3.63, 3.8) is 0 Å². The lowest BCUT2D eigenvalue weighted by atomic mass is 10.1. The molecule has 0 saturated carbocycles. The van der Waals surface area contributed by atoms with Crippen LogP contribution in [0.15, 0.2) is 12.2 Å². The molecule has 1 unspecified atom stereocenters. The highest BCUT2D eigenvalue weighted by Gasteiger charge is 2.53. The van der Waals surface area contributed by atoms with E-state index in [4.69, 9.17) is 9.47 Å². The van der Waals surface area contributed by atoms with Crippen LogP contribution in [0.2, 0.25) is 0 Å². The van der Waals surface area contributed by atoms with Gasteiger partial charge in [-0.25, -0.2) is 9.59 Å². The summed E-state index contributed by atoms with van der Waals surface area (Å²) >= 11 is 0. The second-order valence-electron chi connectivity index (χ2n) is 3.29. The van der Waals surface area contributed by atoms with Crippen molar-refractivity contribution in [3.05, 3.63) is 12.2 Å². The molecular formula is C9H12O4. The molecule has 13 heavy (non-hydrogen) atoms. The summed E-state index contributed by atoms with van der Waals surface area (Å²) in [6.45, 7) is 6.86. The van der Waals surface area contributed by atoms with Gasteiger partial charge >= 0.3 is 11.9 Å². The maximum absolute atomic E-state index is 10.9. The van der Waals surface area contributed by atoms with Gasteiger partial charge in [-0.15, -0.1) is 0 Å². The van der Waals surface area contributed by atoms with Crippen LogP contribution < -0.4 is 0 Å². The molecule has 4 nitrogen and oxygen atoms in total. The predicted molar refractivity (Wildman–Crippen MR) is 44.9 cm³/mol. The molecule has 0 amide bonds. The first-order valence-corrected chi connectivity index (χ1v) is 4.02. The second-order valence-corrected chi connectivity index (χ2v) is 3.29. The van der Waals surface area contributed by atoms with Crippen LogP contribution in [0.5, 0.6) is 0 Å². The van der Waals surface area contributed by atoms with Crippen molar-refractivity contribution in [1.82, 2.24) is 0 Å². The van der Waals surface area contributed by atoms with E-state index in [1.807, 2.05) is 0 Å². The van der Waals surface area contributed by atoms with Crippen LogP contribution in [0.3, 0.4) is 0 Å². The van der Waals surface area contributed by atoms with Gasteiger partial charge in [-0.1, -0.05) is 6.58 Å². The highest BCUT2D eigenvalue weighted by molar-refractivity contribution is 5.92. The molecule has 0 aromatic heterocycles. The fraction of sp³-hybridized carbons (Fsp3) is 0.556. The van der Waals surface area contributed by atoms with E-state index in [1.165, 1.54) is 0 Å². The van der Waals surface area contributed by atoms with Gasteiger partial charge in [0.1, 0.15) is 0 Å². The van der Waals surface area contributed by atoms with Crippen LogP contribution in [0, 0.1) is 0 Å². The van der Waals surface area contributed by atoms with Crippen molar-refractivity contribution < 1.29 is 19.1 Å². The van der Waals surface area contributed by atoms with Gasteiger partial charge in [-0.3, -0.25) is 0 Å². The summed E-state index contributed by atoms with van der Waals surface area (Å²) in [6, 6.07) is 0. The molecule has 1 aliphatic heterocycles. The molecule has 0 N–H and O–H groups in total. The van der Waals surface area contributed by atoms with Crippen LogP contribution in [-0.4, -0.2) is 24.1 Å². The van der Waals surface area contributed by atoms with Gasteiger partial charge in [0.2, 0.25) is 5.60 Å². The van der Waals surface area contributed by atoms with Crippen LogP contribution >= 0.6 is 0 Å². The summed E-state index contributed by atoms with van der Waals surface area (Å²) < 4.78 is 9.49. The minimum Gasteiger partial charge on any atom is -0.462 e. The molecule has 72 valence electrons. The molecule has 1 heterocycles. The molecule has 0 bridgehead atoms. The molecule has 4 heteroatoms. The zero-order valence-electron chi connectivity index (χ0n) is 7.75. The number of carbonyl (C=O) groups excluding carboxylic acids is 2. The third kappa shape index (κ3) is 2.31. The number of rotatable bonds is 4. The molecular weight excluding hydrogens is 172 g/mol. The van der Waals surface area contributed by atoms with Gasteiger partial charge in [0, 0.05) is 12.0 Å². The molecule has 0 radical (unpaired) electrons. The van der Waals surface area contributed by atoms with Crippen molar-refractivity contribution in [3.8, 4) is 0 Å². The van der Waals surface area contributed by atoms with Crippen molar-refractivity contribution in [1.29, 1.82) is 0 Å². The first kappa shape index (κ1) is 9.77. The molecule has 1 saturated heterocycles. The van der Waals surface area contributed by atoms with E-state index >= 15 is 0 Å². The zero-order valence-corrected chi connectivity index (χ0v) is 7.75. The van der Waals surface area contributed by atoms with Crippen molar-refractivity contribution >= 4 is 11.9 Å². The monoisotopic (exact) mass is 184 g/mol. The molecule has 0 aliphatic carbocycles. The van der Waals surface area contributed by atoms with Gasteiger partial charge < -0.3 is 9.47 Å². The fourth-order valence-corrected chi connectivity index (χ4v) is 0.794. The first-order valence-electron chi connectivity index (χ1n) is 4.02. The van der Waals surface area contributed by atoms with Crippen molar-refractivity contribution in [2.75, 3.05) is 6.61 Å². The van der Waals surface area contributed by atoms with Gasteiger partial charge in [-0.05, 0) is 13.8 Å².